The van der Waals surface area contributed by atoms with Crippen molar-refractivity contribution in [1.29, 1.82) is 0 Å². The maximum Gasteiger partial charge on any atom is 0.119 e. The smallest absolute Gasteiger partial charge is 0.119 e. The lowest BCUT2D eigenvalue weighted by molar-refractivity contribution is 0.0568. The summed E-state index contributed by atoms with van der Waals surface area (Å²) in [4.78, 5) is 2.71. The monoisotopic (exact) mass is 349 g/mol. The molecule has 2 fully saturated rings. The third kappa shape index (κ3) is 3.53. The standard InChI is InChI=1S/C24H31NO/c1-26-23-12-7-11-21(18-23)24-14-6-5-10-22(24)19-25(17-15-24)16-13-20-8-3-2-4-9-20/h2-4,7-9,11-12,18,22H,5-6,10,13-17,19H2,1H3/t22-,24-/m1/s1. The van der Waals surface area contributed by atoms with Gasteiger partial charge in [0.2, 0.25) is 0 Å². The predicted octanol–water partition coefficient (Wildman–Crippen LogP) is 5.07. The number of ether oxygens (including phenoxy) is 1. The molecule has 0 bridgehead atoms. The molecule has 1 saturated carbocycles. The molecule has 2 aromatic carbocycles. The topological polar surface area (TPSA) is 12.5 Å². The summed E-state index contributed by atoms with van der Waals surface area (Å²) in [7, 11) is 1.78. The second kappa shape index (κ2) is 7.84. The molecule has 0 unspecified atom stereocenters. The molecule has 2 aliphatic rings. The lowest BCUT2D eigenvalue weighted by Gasteiger charge is -2.51. The van der Waals surface area contributed by atoms with Crippen LogP contribution in [0.1, 0.15) is 43.2 Å². The Kier molecular flexibility index (Phi) is 5.31. The van der Waals surface area contributed by atoms with E-state index in [9.17, 15) is 0 Å². The summed E-state index contributed by atoms with van der Waals surface area (Å²) in [5.74, 6) is 1.79. The number of methoxy groups -OCH3 is 1. The van der Waals surface area contributed by atoms with E-state index in [1.54, 1.807) is 7.11 Å². The molecular formula is C24H31NO. The normalized spacial score (nSPS) is 26.3. The van der Waals surface area contributed by atoms with Gasteiger partial charge in [-0.25, -0.2) is 0 Å². The highest BCUT2D eigenvalue weighted by Gasteiger charge is 2.45. The van der Waals surface area contributed by atoms with Crippen molar-refractivity contribution in [2.75, 3.05) is 26.7 Å². The Balaban J connectivity index is 1.48. The maximum atomic E-state index is 5.52. The molecule has 1 aliphatic carbocycles. The van der Waals surface area contributed by atoms with Crippen molar-refractivity contribution in [3.63, 3.8) is 0 Å². The van der Waals surface area contributed by atoms with Crippen LogP contribution >= 0.6 is 0 Å². The van der Waals surface area contributed by atoms with Crippen molar-refractivity contribution < 1.29 is 4.74 Å². The average molecular weight is 350 g/mol. The Morgan fingerprint density at radius 1 is 1.04 bits per heavy atom. The van der Waals surface area contributed by atoms with E-state index in [2.05, 4.69) is 59.5 Å². The van der Waals surface area contributed by atoms with Crippen molar-refractivity contribution in [3.8, 4) is 5.75 Å². The molecule has 1 aliphatic heterocycles. The fraction of sp³-hybridized carbons (Fsp3) is 0.500. The first-order valence-corrected chi connectivity index (χ1v) is 10.2. The maximum absolute atomic E-state index is 5.52. The highest BCUT2D eigenvalue weighted by atomic mass is 16.5. The molecule has 1 heterocycles. The molecule has 2 heteroatoms. The number of hydrogen-bond acceptors (Lipinski definition) is 2. The molecule has 2 nitrogen and oxygen atoms in total. The molecule has 0 radical (unpaired) electrons. The fourth-order valence-electron chi connectivity index (χ4n) is 5.26. The summed E-state index contributed by atoms with van der Waals surface area (Å²) in [5, 5.41) is 0. The Morgan fingerprint density at radius 2 is 1.92 bits per heavy atom. The average Bonchev–Trinajstić information content (AvgIpc) is 2.73. The summed E-state index contributed by atoms with van der Waals surface area (Å²) < 4.78 is 5.52. The molecule has 26 heavy (non-hydrogen) atoms. The van der Waals surface area contributed by atoms with Gasteiger partial charge in [0.05, 0.1) is 7.11 Å². The molecule has 1 saturated heterocycles. The Bertz CT molecular complexity index is 713. The van der Waals surface area contributed by atoms with E-state index in [-0.39, 0.29) is 0 Å². The minimum atomic E-state index is 0.371. The van der Waals surface area contributed by atoms with Crippen LogP contribution in [0, 0.1) is 5.92 Å². The van der Waals surface area contributed by atoms with E-state index in [0.29, 0.717) is 5.41 Å². The first-order chi connectivity index (χ1) is 12.8. The van der Waals surface area contributed by atoms with Gasteiger partial charge in [-0.15, -0.1) is 0 Å². The van der Waals surface area contributed by atoms with Crippen LogP contribution < -0.4 is 4.74 Å². The fourth-order valence-corrected chi connectivity index (χ4v) is 5.26. The van der Waals surface area contributed by atoms with E-state index in [1.807, 2.05) is 0 Å². The molecule has 0 aromatic heterocycles. The number of fused-ring (bicyclic) bond motifs is 1. The van der Waals surface area contributed by atoms with Gasteiger partial charge in [0.15, 0.2) is 0 Å². The molecule has 4 rings (SSSR count). The first kappa shape index (κ1) is 17.6. The number of likely N-dealkylation sites (tertiary alicyclic amines) is 1. The van der Waals surface area contributed by atoms with Gasteiger partial charge in [0.1, 0.15) is 5.75 Å². The van der Waals surface area contributed by atoms with Crippen LogP contribution in [0.2, 0.25) is 0 Å². The number of benzene rings is 2. The molecule has 0 N–H and O–H groups in total. The van der Waals surface area contributed by atoms with Crippen LogP contribution in [-0.4, -0.2) is 31.6 Å². The molecule has 2 aromatic rings. The number of rotatable bonds is 5. The highest BCUT2D eigenvalue weighted by Crippen LogP contribution is 2.49. The molecule has 0 amide bonds. The summed E-state index contributed by atoms with van der Waals surface area (Å²) >= 11 is 0. The number of hydrogen-bond donors (Lipinski definition) is 0. The van der Waals surface area contributed by atoms with Gasteiger partial charge >= 0.3 is 0 Å². The number of nitrogens with zero attached hydrogens (tertiary/aromatic N) is 1. The lowest BCUT2D eigenvalue weighted by atomic mass is 9.59. The molecular weight excluding hydrogens is 318 g/mol. The van der Waals surface area contributed by atoms with Gasteiger partial charge in [-0.05, 0) is 61.4 Å². The van der Waals surface area contributed by atoms with Crippen LogP contribution in [-0.2, 0) is 11.8 Å². The van der Waals surface area contributed by atoms with Crippen LogP contribution in [0.25, 0.3) is 0 Å². The van der Waals surface area contributed by atoms with Crippen molar-refractivity contribution in [3.05, 3.63) is 65.7 Å². The van der Waals surface area contributed by atoms with Gasteiger partial charge in [-0.2, -0.15) is 0 Å². The Labute approximate surface area is 158 Å². The van der Waals surface area contributed by atoms with Gasteiger partial charge in [0.25, 0.3) is 0 Å². The van der Waals surface area contributed by atoms with Crippen molar-refractivity contribution in [1.82, 2.24) is 4.90 Å². The summed E-state index contributed by atoms with van der Waals surface area (Å²) in [6.45, 7) is 3.67. The van der Waals surface area contributed by atoms with Crippen LogP contribution in [0.5, 0.6) is 5.75 Å². The van der Waals surface area contributed by atoms with Crippen LogP contribution in [0.3, 0.4) is 0 Å². The van der Waals surface area contributed by atoms with Crippen molar-refractivity contribution in [2.24, 2.45) is 5.92 Å². The summed E-state index contributed by atoms with van der Waals surface area (Å²) in [5.41, 5.74) is 3.35. The van der Waals surface area contributed by atoms with Crippen molar-refractivity contribution >= 4 is 0 Å². The second-order valence-electron chi connectivity index (χ2n) is 8.12. The Morgan fingerprint density at radius 3 is 2.77 bits per heavy atom. The predicted molar refractivity (Wildman–Crippen MR) is 108 cm³/mol. The zero-order valence-corrected chi connectivity index (χ0v) is 16.0. The largest absolute Gasteiger partial charge is 0.497 e. The van der Waals surface area contributed by atoms with Crippen molar-refractivity contribution in [2.45, 2.75) is 43.9 Å². The van der Waals surface area contributed by atoms with E-state index in [4.69, 9.17) is 4.74 Å². The van der Waals surface area contributed by atoms with Gasteiger partial charge < -0.3 is 9.64 Å². The third-order valence-corrected chi connectivity index (χ3v) is 6.76. The lowest BCUT2D eigenvalue weighted by Crippen LogP contribution is -2.51. The zero-order chi connectivity index (χ0) is 17.8. The van der Waals surface area contributed by atoms with Gasteiger partial charge in [-0.1, -0.05) is 55.3 Å². The minimum absolute atomic E-state index is 0.371. The second-order valence-corrected chi connectivity index (χ2v) is 8.12. The zero-order valence-electron chi connectivity index (χ0n) is 16.0. The van der Waals surface area contributed by atoms with Gasteiger partial charge in [0, 0.05) is 18.5 Å². The SMILES string of the molecule is COc1cccc([C@]23CCCC[C@@H]2CN(CCc2ccccc2)CC3)c1. The Hall–Kier alpha value is -1.80. The van der Waals surface area contributed by atoms with E-state index in [0.717, 1.165) is 11.7 Å². The summed E-state index contributed by atoms with van der Waals surface area (Å²) in [6.07, 6.45) is 7.94. The highest BCUT2D eigenvalue weighted by molar-refractivity contribution is 5.35. The molecule has 2 atom stereocenters. The first-order valence-electron chi connectivity index (χ1n) is 10.2. The van der Waals surface area contributed by atoms with E-state index >= 15 is 0 Å². The minimum Gasteiger partial charge on any atom is -0.497 e. The quantitative estimate of drug-likeness (QED) is 0.747. The summed E-state index contributed by atoms with van der Waals surface area (Å²) in [6, 6.07) is 19.8. The molecule has 0 spiro atoms. The number of piperidine rings is 1. The molecule has 138 valence electrons. The van der Waals surface area contributed by atoms with E-state index in [1.165, 1.54) is 69.3 Å². The van der Waals surface area contributed by atoms with Gasteiger partial charge in [-0.3, -0.25) is 0 Å². The van der Waals surface area contributed by atoms with Crippen LogP contribution in [0.4, 0.5) is 0 Å². The van der Waals surface area contributed by atoms with Crippen LogP contribution in [0.15, 0.2) is 54.6 Å². The van der Waals surface area contributed by atoms with E-state index < -0.39 is 0 Å². The third-order valence-electron chi connectivity index (χ3n) is 6.76.